The first-order valence-corrected chi connectivity index (χ1v) is 18.1. The maximum atomic E-state index is 13.4. The Kier molecular flexibility index (Phi) is 15.4. The van der Waals surface area contributed by atoms with E-state index in [-0.39, 0.29) is 36.0 Å². The van der Waals surface area contributed by atoms with E-state index in [0.29, 0.717) is 11.1 Å². The van der Waals surface area contributed by atoms with Crippen LogP contribution < -0.4 is 4.74 Å². The second-order valence-electron chi connectivity index (χ2n) is 13.8. The summed E-state index contributed by atoms with van der Waals surface area (Å²) in [6.45, 7) is -0.591. The fourth-order valence-electron chi connectivity index (χ4n) is 6.53. The monoisotopic (exact) mass is 814 g/mol. The summed E-state index contributed by atoms with van der Waals surface area (Å²) < 4.78 is 45.7. The molecule has 57 heavy (non-hydrogen) atoms. The largest absolute Gasteiger partial charge is 0.504 e. The number of phenolic OH excluding ortho intramolecular Hbond substituents is 3. The molecule has 3 aliphatic heterocycles. The van der Waals surface area contributed by atoms with Crippen LogP contribution in [0.15, 0.2) is 42.5 Å². The van der Waals surface area contributed by atoms with E-state index in [4.69, 9.17) is 37.9 Å². The lowest BCUT2D eigenvalue weighted by Gasteiger charge is -2.45. The maximum absolute atomic E-state index is 13.4. The summed E-state index contributed by atoms with van der Waals surface area (Å²) in [7, 11) is 1.34. The van der Waals surface area contributed by atoms with Gasteiger partial charge in [0, 0.05) is 6.08 Å². The molecule has 0 bridgehead atoms. The molecule has 3 aliphatic rings. The van der Waals surface area contributed by atoms with Crippen molar-refractivity contribution in [2.45, 2.75) is 105 Å². The van der Waals surface area contributed by atoms with E-state index in [1.807, 2.05) is 0 Å². The minimum atomic E-state index is -1.82. The lowest BCUT2D eigenvalue weighted by molar-refractivity contribution is -0.336. The molecule has 2 aromatic rings. The molecule has 0 spiro atoms. The van der Waals surface area contributed by atoms with Crippen LogP contribution in [0.25, 0.3) is 6.08 Å². The Bertz CT molecular complexity index is 1640. The van der Waals surface area contributed by atoms with Gasteiger partial charge in [0.05, 0.1) is 39.6 Å². The van der Waals surface area contributed by atoms with Crippen molar-refractivity contribution < 1.29 is 98.9 Å². The van der Waals surface area contributed by atoms with Gasteiger partial charge < -0.3 is 94.1 Å². The number of aromatic hydroxyl groups is 3. The quantitative estimate of drug-likeness (QED) is 0.0490. The van der Waals surface area contributed by atoms with Crippen LogP contribution in [-0.4, -0.2) is 188 Å². The number of ether oxygens (including phenoxy) is 8. The molecule has 0 radical (unpaired) electrons. The van der Waals surface area contributed by atoms with Crippen LogP contribution in [0.5, 0.6) is 23.0 Å². The number of esters is 1. The first-order chi connectivity index (χ1) is 27.1. The molecule has 3 fully saturated rings. The van der Waals surface area contributed by atoms with Crippen molar-refractivity contribution in [2.75, 3.05) is 33.5 Å². The Morgan fingerprint density at radius 1 is 0.684 bits per heavy atom. The zero-order chi connectivity index (χ0) is 41.6. The molecule has 15 unspecified atom stereocenters. The summed E-state index contributed by atoms with van der Waals surface area (Å²) in [6, 6.07) is 8.38. The number of phenols is 3. The maximum Gasteiger partial charge on any atom is 0.331 e. The third kappa shape index (κ3) is 10.7. The number of carbonyl (C=O) groups is 1. The summed E-state index contributed by atoms with van der Waals surface area (Å²) in [5, 5.41) is 113. The van der Waals surface area contributed by atoms with Gasteiger partial charge in [-0.1, -0.05) is 12.1 Å². The van der Waals surface area contributed by atoms with E-state index in [9.17, 15) is 61.0 Å². The van der Waals surface area contributed by atoms with Gasteiger partial charge in [-0.15, -0.1) is 0 Å². The smallest absolute Gasteiger partial charge is 0.331 e. The van der Waals surface area contributed by atoms with Gasteiger partial charge in [0.25, 0.3) is 0 Å². The van der Waals surface area contributed by atoms with E-state index in [1.165, 1.54) is 56.5 Å². The van der Waals surface area contributed by atoms with Crippen LogP contribution >= 0.6 is 0 Å². The third-order valence-electron chi connectivity index (χ3n) is 9.87. The number of hydrogen-bond donors (Lipinski definition) is 11. The van der Waals surface area contributed by atoms with Crippen molar-refractivity contribution in [1.29, 1.82) is 0 Å². The van der Waals surface area contributed by atoms with E-state index in [0.717, 1.165) is 6.08 Å². The van der Waals surface area contributed by atoms with Gasteiger partial charge in [0.2, 0.25) is 0 Å². The molecule has 0 saturated carbocycles. The van der Waals surface area contributed by atoms with Crippen molar-refractivity contribution in [1.82, 2.24) is 0 Å². The summed E-state index contributed by atoms with van der Waals surface area (Å²) in [6.07, 6.45) is -20.5. The number of aliphatic hydroxyl groups is 8. The minimum absolute atomic E-state index is 0.125. The Labute approximate surface area is 326 Å². The molecule has 0 amide bonds. The van der Waals surface area contributed by atoms with Crippen molar-refractivity contribution >= 4 is 12.0 Å². The highest BCUT2D eigenvalue weighted by molar-refractivity contribution is 5.87. The predicted molar refractivity (Wildman–Crippen MR) is 189 cm³/mol. The fourth-order valence-corrected chi connectivity index (χ4v) is 6.53. The average molecular weight is 815 g/mol. The van der Waals surface area contributed by atoms with Gasteiger partial charge in [-0.3, -0.25) is 0 Å². The molecule has 0 aromatic heterocycles. The third-order valence-corrected chi connectivity index (χ3v) is 9.87. The van der Waals surface area contributed by atoms with Gasteiger partial charge in [-0.05, 0) is 54.8 Å². The fraction of sp³-hybridized carbons (Fsp3) is 0.595. The van der Waals surface area contributed by atoms with E-state index < -0.39 is 118 Å². The molecule has 3 heterocycles. The second-order valence-corrected chi connectivity index (χ2v) is 13.8. The second kappa shape index (κ2) is 19.8. The Morgan fingerprint density at radius 2 is 1.33 bits per heavy atom. The van der Waals surface area contributed by atoms with Gasteiger partial charge in [0.15, 0.2) is 41.7 Å². The van der Waals surface area contributed by atoms with Crippen molar-refractivity contribution in [2.24, 2.45) is 0 Å². The Hall–Kier alpha value is -3.71. The number of benzene rings is 2. The number of hydrogen-bond acceptors (Lipinski definition) is 20. The summed E-state index contributed by atoms with van der Waals surface area (Å²) in [4.78, 5) is 13.4. The lowest BCUT2D eigenvalue weighted by Crippen LogP contribution is -2.64. The molecular formula is C37H50O20. The number of rotatable bonds is 15. The highest BCUT2D eigenvalue weighted by Gasteiger charge is 2.51. The molecule has 20 heteroatoms. The normalized spacial score (nSPS) is 35.9. The molecule has 2 aromatic carbocycles. The molecule has 15 atom stereocenters. The van der Waals surface area contributed by atoms with Crippen LogP contribution in [0, 0.1) is 0 Å². The summed E-state index contributed by atoms with van der Waals surface area (Å²) in [5.74, 6) is -1.73. The number of carbonyl (C=O) groups excluding carboxylic acids is 1. The minimum Gasteiger partial charge on any atom is -0.504 e. The van der Waals surface area contributed by atoms with Gasteiger partial charge in [-0.2, -0.15) is 0 Å². The molecule has 20 nitrogen and oxygen atoms in total. The molecule has 0 aliphatic carbocycles. The highest BCUT2D eigenvalue weighted by atomic mass is 16.7. The lowest BCUT2D eigenvalue weighted by atomic mass is 9.95. The van der Waals surface area contributed by atoms with Crippen LogP contribution in [-0.2, 0) is 44.4 Å². The van der Waals surface area contributed by atoms with Crippen molar-refractivity contribution in [3.05, 3.63) is 53.6 Å². The standard InChI is InChI=1S/C37H50O20/c1-16-27(43)30(46)29(45)24(54-16)14-52-35-33(49)37(51-10-9-18-3-6-19(39)21(41)11-18)56-25(15-53-36-32(48)31(47)28(44)23(13-38)55-36)34(35)57-26(42)8-5-17-4-7-20(40)22(12-17)50-2/h3-8,11-12,16,23-25,27-41,43-49H,9-10,13-15H2,1-2H3. The van der Waals surface area contributed by atoms with Crippen molar-refractivity contribution in [3.8, 4) is 23.0 Å². The van der Waals surface area contributed by atoms with E-state index >= 15 is 0 Å². The first-order valence-electron chi connectivity index (χ1n) is 18.1. The molecular weight excluding hydrogens is 764 g/mol. The van der Waals surface area contributed by atoms with Crippen LogP contribution in [0.1, 0.15) is 18.1 Å². The Balaban J connectivity index is 1.42. The topological polar surface area (TPSA) is 313 Å². The van der Waals surface area contributed by atoms with Crippen LogP contribution in [0.4, 0.5) is 0 Å². The molecule has 11 N–H and O–H groups in total. The summed E-state index contributed by atoms with van der Waals surface area (Å²) in [5.41, 5.74) is 0.958. The Morgan fingerprint density at radius 3 is 2.04 bits per heavy atom. The zero-order valence-electron chi connectivity index (χ0n) is 30.9. The molecule has 3 saturated heterocycles. The van der Waals surface area contributed by atoms with Crippen LogP contribution in [0.2, 0.25) is 0 Å². The summed E-state index contributed by atoms with van der Waals surface area (Å²) >= 11 is 0. The van der Waals surface area contributed by atoms with Crippen LogP contribution in [0.3, 0.4) is 0 Å². The van der Waals surface area contributed by atoms with Crippen molar-refractivity contribution in [3.63, 3.8) is 0 Å². The van der Waals surface area contributed by atoms with E-state index in [1.54, 1.807) is 0 Å². The predicted octanol–water partition coefficient (Wildman–Crippen LogP) is -2.85. The van der Waals surface area contributed by atoms with Gasteiger partial charge in [0.1, 0.15) is 67.1 Å². The average Bonchev–Trinajstić information content (AvgIpc) is 3.19. The number of aliphatic hydroxyl groups excluding tert-OH is 8. The molecule has 5 rings (SSSR count). The first kappa shape index (κ1) is 44.4. The van der Waals surface area contributed by atoms with E-state index in [2.05, 4.69) is 0 Å². The van der Waals surface area contributed by atoms with Gasteiger partial charge in [-0.25, -0.2) is 4.79 Å². The zero-order valence-corrected chi connectivity index (χ0v) is 30.9. The van der Waals surface area contributed by atoms with Gasteiger partial charge >= 0.3 is 5.97 Å². The molecule has 318 valence electrons. The SMILES string of the molecule is COc1cc(C=CC(=O)OC2C(COC3OC(CO)C(O)C(O)C3O)OC(OCCc3ccc(O)c(O)c3)C(O)C2OCC2OC(C)C(O)C(O)C2O)ccc1O. The highest BCUT2D eigenvalue weighted by Crippen LogP contribution is 2.32. The number of methoxy groups -OCH3 is 1.